The smallest absolute Gasteiger partial charge is 0.313 e. The number of anilines is 1. The molecule has 6 nitrogen and oxygen atoms in total. The normalized spacial score (nSPS) is 15.4. The molecule has 1 aliphatic heterocycles. The van der Waals surface area contributed by atoms with Crippen LogP contribution in [-0.4, -0.2) is 44.9 Å². The van der Waals surface area contributed by atoms with Gasteiger partial charge < -0.3 is 20.1 Å². The van der Waals surface area contributed by atoms with E-state index in [1.165, 1.54) is 11.8 Å². The first kappa shape index (κ1) is 21.2. The van der Waals surface area contributed by atoms with E-state index in [4.69, 9.17) is 9.47 Å². The number of ether oxygens (including phenoxy) is 2. The maximum absolute atomic E-state index is 12.5. The van der Waals surface area contributed by atoms with Gasteiger partial charge in [0.25, 0.3) is 0 Å². The van der Waals surface area contributed by atoms with E-state index in [1.807, 2.05) is 48.7 Å². The van der Waals surface area contributed by atoms with Crippen LogP contribution < -0.4 is 15.4 Å². The van der Waals surface area contributed by atoms with Crippen LogP contribution >= 0.6 is 11.8 Å². The van der Waals surface area contributed by atoms with Crippen LogP contribution in [0.4, 0.5) is 5.69 Å². The average Bonchev–Trinajstić information content (AvgIpc) is 2.78. The molecule has 2 aromatic rings. The van der Waals surface area contributed by atoms with Gasteiger partial charge in [0, 0.05) is 35.6 Å². The first-order chi connectivity index (χ1) is 14.1. The standard InChI is InChI=1S/C22H26N2O4S/c1-27-18-9-5-3-7-16(18)22(11-13-28-14-12-22)15-23-20(25)21(26)24-17-8-4-6-10-19(17)29-2/h3-10H,11-15H2,1-2H3,(H,23,25)(H,24,26). The van der Waals surface area contributed by atoms with Gasteiger partial charge in [0.05, 0.1) is 12.8 Å². The first-order valence-electron chi connectivity index (χ1n) is 9.53. The average molecular weight is 415 g/mol. The number of methoxy groups -OCH3 is 1. The highest BCUT2D eigenvalue weighted by molar-refractivity contribution is 7.98. The molecule has 0 saturated carbocycles. The van der Waals surface area contributed by atoms with Crippen LogP contribution in [0.1, 0.15) is 18.4 Å². The van der Waals surface area contributed by atoms with Gasteiger partial charge in [-0.1, -0.05) is 30.3 Å². The van der Waals surface area contributed by atoms with Crippen molar-refractivity contribution in [2.75, 3.05) is 38.4 Å². The molecule has 29 heavy (non-hydrogen) atoms. The summed E-state index contributed by atoms with van der Waals surface area (Å²) in [6, 6.07) is 15.2. The van der Waals surface area contributed by atoms with Gasteiger partial charge in [0.15, 0.2) is 0 Å². The van der Waals surface area contributed by atoms with Gasteiger partial charge in [-0.05, 0) is 37.3 Å². The maximum Gasteiger partial charge on any atom is 0.313 e. The van der Waals surface area contributed by atoms with Crippen LogP contribution in [0.25, 0.3) is 0 Å². The molecular formula is C22H26N2O4S. The largest absolute Gasteiger partial charge is 0.496 e. The molecule has 1 fully saturated rings. The summed E-state index contributed by atoms with van der Waals surface area (Å²) in [6.45, 7) is 1.54. The molecule has 2 amide bonds. The monoisotopic (exact) mass is 414 g/mol. The molecule has 7 heteroatoms. The Hall–Kier alpha value is -2.51. The third-order valence-electron chi connectivity index (χ3n) is 5.28. The zero-order valence-corrected chi connectivity index (χ0v) is 17.5. The number of thioether (sulfide) groups is 1. The first-order valence-corrected chi connectivity index (χ1v) is 10.8. The third kappa shape index (κ3) is 4.92. The lowest BCUT2D eigenvalue weighted by Gasteiger charge is -2.38. The lowest BCUT2D eigenvalue weighted by Crippen LogP contribution is -2.47. The van der Waals surface area contributed by atoms with Crippen LogP contribution in [0.15, 0.2) is 53.4 Å². The van der Waals surface area contributed by atoms with Crippen molar-refractivity contribution in [3.63, 3.8) is 0 Å². The summed E-state index contributed by atoms with van der Waals surface area (Å²) < 4.78 is 11.1. The number of amides is 2. The number of hydrogen-bond acceptors (Lipinski definition) is 5. The van der Waals surface area contributed by atoms with E-state index < -0.39 is 11.8 Å². The molecule has 1 heterocycles. The highest BCUT2D eigenvalue weighted by Crippen LogP contribution is 2.39. The van der Waals surface area contributed by atoms with Crippen molar-refractivity contribution < 1.29 is 19.1 Å². The van der Waals surface area contributed by atoms with Gasteiger partial charge in [-0.3, -0.25) is 9.59 Å². The van der Waals surface area contributed by atoms with Crippen LogP contribution in [0.3, 0.4) is 0 Å². The summed E-state index contributed by atoms with van der Waals surface area (Å²) in [5, 5.41) is 5.53. The molecule has 2 aromatic carbocycles. The summed E-state index contributed by atoms with van der Waals surface area (Å²) in [6.07, 6.45) is 3.41. The van der Waals surface area contributed by atoms with E-state index in [9.17, 15) is 9.59 Å². The van der Waals surface area contributed by atoms with Crippen molar-refractivity contribution in [1.29, 1.82) is 0 Å². The summed E-state index contributed by atoms with van der Waals surface area (Å²) in [5.41, 5.74) is 1.32. The van der Waals surface area contributed by atoms with Crippen LogP contribution in [0, 0.1) is 0 Å². The second-order valence-electron chi connectivity index (χ2n) is 6.93. The van der Waals surface area contributed by atoms with Gasteiger partial charge in [-0.15, -0.1) is 11.8 Å². The van der Waals surface area contributed by atoms with Crippen molar-refractivity contribution in [2.24, 2.45) is 0 Å². The lowest BCUT2D eigenvalue weighted by molar-refractivity contribution is -0.136. The highest BCUT2D eigenvalue weighted by atomic mass is 32.2. The van der Waals surface area contributed by atoms with Crippen LogP contribution in [0.2, 0.25) is 0 Å². The molecule has 0 spiro atoms. The van der Waals surface area contributed by atoms with E-state index >= 15 is 0 Å². The van der Waals surface area contributed by atoms with Crippen molar-refractivity contribution in [1.82, 2.24) is 5.32 Å². The molecule has 0 aliphatic carbocycles. The predicted molar refractivity (Wildman–Crippen MR) is 115 cm³/mol. The minimum absolute atomic E-state index is 0.335. The quantitative estimate of drug-likeness (QED) is 0.561. The second-order valence-corrected chi connectivity index (χ2v) is 7.78. The summed E-state index contributed by atoms with van der Waals surface area (Å²) in [4.78, 5) is 25.9. The fourth-order valence-electron chi connectivity index (χ4n) is 3.64. The Kier molecular flexibility index (Phi) is 7.17. The molecule has 0 radical (unpaired) electrons. The maximum atomic E-state index is 12.5. The lowest BCUT2D eigenvalue weighted by atomic mass is 9.73. The fourth-order valence-corrected chi connectivity index (χ4v) is 4.20. The molecule has 1 aliphatic rings. The molecule has 0 unspecified atom stereocenters. The number of benzene rings is 2. The van der Waals surface area contributed by atoms with E-state index in [0.717, 1.165) is 29.1 Å². The zero-order valence-electron chi connectivity index (χ0n) is 16.7. The van der Waals surface area contributed by atoms with Gasteiger partial charge in [0.1, 0.15) is 5.75 Å². The highest BCUT2D eigenvalue weighted by Gasteiger charge is 2.37. The third-order valence-corrected chi connectivity index (χ3v) is 6.07. The van der Waals surface area contributed by atoms with Crippen molar-refractivity contribution in [3.05, 3.63) is 54.1 Å². The van der Waals surface area contributed by atoms with E-state index in [0.29, 0.717) is 25.4 Å². The van der Waals surface area contributed by atoms with Gasteiger partial charge in [-0.2, -0.15) is 0 Å². The molecular weight excluding hydrogens is 388 g/mol. The predicted octanol–water partition coefficient (Wildman–Crippen LogP) is 3.22. The van der Waals surface area contributed by atoms with E-state index in [2.05, 4.69) is 10.6 Å². The zero-order chi connectivity index (χ0) is 20.7. The Balaban J connectivity index is 1.72. The van der Waals surface area contributed by atoms with Crippen molar-refractivity contribution in [3.8, 4) is 5.75 Å². The Bertz CT molecular complexity index is 865. The number of para-hydroxylation sites is 2. The summed E-state index contributed by atoms with van der Waals surface area (Å²) >= 11 is 1.51. The summed E-state index contributed by atoms with van der Waals surface area (Å²) in [7, 11) is 1.64. The molecule has 0 aromatic heterocycles. The van der Waals surface area contributed by atoms with E-state index in [1.54, 1.807) is 13.2 Å². The minimum atomic E-state index is -0.672. The van der Waals surface area contributed by atoms with Gasteiger partial charge in [-0.25, -0.2) is 0 Å². The SMILES string of the molecule is COc1ccccc1C1(CNC(=O)C(=O)Nc2ccccc2SC)CCOCC1. The molecule has 154 valence electrons. The Morgan fingerprint density at radius 3 is 2.48 bits per heavy atom. The number of carbonyl (C=O) groups is 2. The van der Waals surface area contributed by atoms with E-state index in [-0.39, 0.29) is 5.41 Å². The number of hydrogen-bond donors (Lipinski definition) is 2. The van der Waals surface area contributed by atoms with Gasteiger partial charge in [0.2, 0.25) is 0 Å². The van der Waals surface area contributed by atoms with Crippen LogP contribution in [-0.2, 0) is 19.7 Å². The Morgan fingerprint density at radius 1 is 1.07 bits per heavy atom. The topological polar surface area (TPSA) is 76.7 Å². The molecule has 1 saturated heterocycles. The van der Waals surface area contributed by atoms with Crippen molar-refractivity contribution in [2.45, 2.75) is 23.2 Å². The second kappa shape index (κ2) is 9.80. The number of rotatable bonds is 6. The Labute approximate surface area is 175 Å². The minimum Gasteiger partial charge on any atom is -0.496 e. The number of nitrogens with one attached hydrogen (secondary N) is 2. The fraction of sp³-hybridized carbons (Fsp3) is 0.364. The van der Waals surface area contributed by atoms with Gasteiger partial charge >= 0.3 is 11.8 Å². The molecule has 2 N–H and O–H groups in total. The van der Waals surface area contributed by atoms with Crippen LogP contribution in [0.5, 0.6) is 5.75 Å². The Morgan fingerprint density at radius 2 is 1.76 bits per heavy atom. The molecule has 0 bridgehead atoms. The molecule has 3 rings (SSSR count). The summed E-state index contributed by atoms with van der Waals surface area (Å²) in [5.74, 6) is -0.544. The molecule has 0 atom stereocenters. The van der Waals surface area contributed by atoms with Crippen molar-refractivity contribution >= 4 is 29.3 Å². The number of carbonyl (C=O) groups excluding carboxylic acids is 2.